The Bertz CT molecular complexity index is 471. The molecule has 2 N–H and O–H groups in total. The van der Waals surface area contributed by atoms with Crippen molar-refractivity contribution in [3.05, 3.63) is 52.8 Å². The maximum atomic E-state index is 5.82. The first-order valence-corrected chi connectivity index (χ1v) is 6.60. The molecule has 2 rings (SSSR count). The van der Waals surface area contributed by atoms with Gasteiger partial charge in [-0.1, -0.05) is 28.1 Å². The van der Waals surface area contributed by atoms with E-state index in [-0.39, 0.29) is 0 Å². The molecule has 0 bridgehead atoms. The van der Waals surface area contributed by atoms with E-state index >= 15 is 0 Å². The third-order valence-corrected chi connectivity index (χ3v) is 3.81. The average Bonchev–Trinajstić information content (AvgIpc) is 2.30. The predicted octanol–water partition coefficient (Wildman–Crippen LogP) is 3.72. The normalized spacial score (nSPS) is 10.3. The molecule has 0 atom stereocenters. The SMILES string of the molecule is Nc1cnccc1SCc1ccc(Br)cc1. The van der Waals surface area contributed by atoms with E-state index < -0.39 is 0 Å². The van der Waals surface area contributed by atoms with E-state index in [9.17, 15) is 0 Å². The van der Waals surface area contributed by atoms with Gasteiger partial charge in [-0.2, -0.15) is 0 Å². The standard InChI is InChI=1S/C12H11BrN2S/c13-10-3-1-9(2-4-10)8-16-12-5-6-15-7-11(12)14/h1-7H,8,14H2. The smallest absolute Gasteiger partial charge is 0.0638 e. The molecule has 0 radical (unpaired) electrons. The zero-order chi connectivity index (χ0) is 11.4. The lowest BCUT2D eigenvalue weighted by Crippen LogP contribution is -1.89. The summed E-state index contributed by atoms with van der Waals surface area (Å²) in [5.74, 6) is 0.918. The zero-order valence-corrected chi connectivity index (χ0v) is 11.0. The quantitative estimate of drug-likeness (QED) is 0.877. The molecule has 0 aliphatic rings. The molecule has 0 spiro atoms. The van der Waals surface area contributed by atoms with Crippen molar-refractivity contribution in [2.75, 3.05) is 5.73 Å². The summed E-state index contributed by atoms with van der Waals surface area (Å²) < 4.78 is 1.10. The van der Waals surface area contributed by atoms with Crippen LogP contribution >= 0.6 is 27.7 Å². The van der Waals surface area contributed by atoms with Crippen molar-refractivity contribution in [3.63, 3.8) is 0 Å². The number of hydrogen-bond donors (Lipinski definition) is 1. The van der Waals surface area contributed by atoms with Crippen LogP contribution in [0.1, 0.15) is 5.56 Å². The Morgan fingerprint density at radius 1 is 1.19 bits per heavy atom. The molecule has 0 fully saturated rings. The monoisotopic (exact) mass is 294 g/mol. The van der Waals surface area contributed by atoms with Crippen LogP contribution in [0.4, 0.5) is 5.69 Å². The third-order valence-electron chi connectivity index (χ3n) is 2.12. The lowest BCUT2D eigenvalue weighted by molar-refractivity contribution is 1.26. The minimum Gasteiger partial charge on any atom is -0.397 e. The first-order valence-electron chi connectivity index (χ1n) is 4.82. The molecule has 4 heteroatoms. The van der Waals surface area contributed by atoms with Crippen LogP contribution in [0.25, 0.3) is 0 Å². The molecule has 82 valence electrons. The summed E-state index contributed by atoms with van der Waals surface area (Å²) in [5, 5.41) is 0. The van der Waals surface area contributed by atoms with Gasteiger partial charge in [0.15, 0.2) is 0 Å². The van der Waals surface area contributed by atoms with Gasteiger partial charge in [0.1, 0.15) is 0 Å². The van der Waals surface area contributed by atoms with E-state index in [1.54, 1.807) is 24.2 Å². The lowest BCUT2D eigenvalue weighted by atomic mass is 10.2. The van der Waals surface area contributed by atoms with Crippen molar-refractivity contribution in [2.24, 2.45) is 0 Å². The Kier molecular flexibility index (Phi) is 3.85. The van der Waals surface area contributed by atoms with Crippen LogP contribution in [0.2, 0.25) is 0 Å². The maximum absolute atomic E-state index is 5.82. The fourth-order valence-corrected chi connectivity index (χ4v) is 2.42. The van der Waals surface area contributed by atoms with Gasteiger partial charge in [0.25, 0.3) is 0 Å². The highest BCUT2D eigenvalue weighted by Crippen LogP contribution is 2.27. The molecular formula is C12H11BrN2S. The number of nitrogen functional groups attached to an aromatic ring is 1. The second-order valence-corrected chi connectivity index (χ2v) is 5.26. The Morgan fingerprint density at radius 3 is 2.62 bits per heavy atom. The second-order valence-electron chi connectivity index (χ2n) is 3.33. The van der Waals surface area contributed by atoms with Crippen molar-refractivity contribution in [1.82, 2.24) is 4.98 Å². The number of nitrogens with two attached hydrogens (primary N) is 1. The van der Waals surface area contributed by atoms with E-state index in [0.29, 0.717) is 0 Å². The van der Waals surface area contributed by atoms with E-state index in [2.05, 4.69) is 33.0 Å². The molecule has 2 aromatic rings. The summed E-state index contributed by atoms with van der Waals surface area (Å²) in [6.07, 6.45) is 3.45. The van der Waals surface area contributed by atoms with E-state index in [1.165, 1.54) is 5.56 Å². The van der Waals surface area contributed by atoms with Crippen LogP contribution in [0, 0.1) is 0 Å². The highest BCUT2D eigenvalue weighted by molar-refractivity contribution is 9.10. The van der Waals surface area contributed by atoms with Crippen LogP contribution in [0.5, 0.6) is 0 Å². The van der Waals surface area contributed by atoms with Gasteiger partial charge in [-0.3, -0.25) is 4.98 Å². The summed E-state index contributed by atoms with van der Waals surface area (Å²) >= 11 is 5.14. The summed E-state index contributed by atoms with van der Waals surface area (Å²) in [7, 11) is 0. The summed E-state index contributed by atoms with van der Waals surface area (Å²) in [6.45, 7) is 0. The van der Waals surface area contributed by atoms with Crippen LogP contribution in [0.3, 0.4) is 0 Å². The number of nitrogens with zero attached hydrogens (tertiary/aromatic N) is 1. The molecule has 0 amide bonds. The van der Waals surface area contributed by atoms with E-state index in [0.717, 1.165) is 20.8 Å². The molecule has 1 aromatic carbocycles. The number of benzene rings is 1. The molecule has 1 aromatic heterocycles. The summed E-state index contributed by atoms with van der Waals surface area (Å²) in [6, 6.07) is 10.2. The molecule has 0 saturated carbocycles. The van der Waals surface area contributed by atoms with Gasteiger partial charge in [0, 0.05) is 21.3 Å². The molecule has 1 heterocycles. The van der Waals surface area contributed by atoms with Crippen LogP contribution in [-0.4, -0.2) is 4.98 Å². The van der Waals surface area contributed by atoms with E-state index in [4.69, 9.17) is 5.73 Å². The number of aromatic nitrogens is 1. The highest BCUT2D eigenvalue weighted by Gasteiger charge is 2.00. The predicted molar refractivity (Wildman–Crippen MR) is 72.4 cm³/mol. The van der Waals surface area contributed by atoms with Crippen molar-refractivity contribution in [3.8, 4) is 0 Å². The fraction of sp³-hybridized carbons (Fsp3) is 0.0833. The van der Waals surface area contributed by atoms with Crippen molar-refractivity contribution >= 4 is 33.4 Å². The molecule has 16 heavy (non-hydrogen) atoms. The molecule has 0 saturated heterocycles. The minimum atomic E-state index is 0.740. The summed E-state index contributed by atoms with van der Waals surface area (Å²) in [4.78, 5) is 5.05. The van der Waals surface area contributed by atoms with Gasteiger partial charge < -0.3 is 5.73 Å². The van der Waals surface area contributed by atoms with Gasteiger partial charge in [0.05, 0.1) is 11.9 Å². The molecule has 0 aliphatic carbocycles. The molecule has 2 nitrogen and oxygen atoms in total. The Balaban J connectivity index is 2.02. The number of rotatable bonds is 3. The number of halogens is 1. The van der Waals surface area contributed by atoms with Crippen LogP contribution in [0.15, 0.2) is 52.1 Å². The van der Waals surface area contributed by atoms with Crippen LogP contribution < -0.4 is 5.73 Å². The number of anilines is 1. The fourth-order valence-electron chi connectivity index (χ4n) is 1.27. The Morgan fingerprint density at radius 2 is 1.94 bits per heavy atom. The van der Waals surface area contributed by atoms with Gasteiger partial charge in [-0.15, -0.1) is 11.8 Å². The minimum absolute atomic E-state index is 0.740. The molecular weight excluding hydrogens is 284 g/mol. The maximum Gasteiger partial charge on any atom is 0.0638 e. The zero-order valence-electron chi connectivity index (χ0n) is 8.56. The lowest BCUT2D eigenvalue weighted by Gasteiger charge is -2.04. The topological polar surface area (TPSA) is 38.9 Å². The second kappa shape index (κ2) is 5.37. The average molecular weight is 295 g/mol. The first-order chi connectivity index (χ1) is 7.75. The van der Waals surface area contributed by atoms with Crippen LogP contribution in [-0.2, 0) is 5.75 Å². The first kappa shape index (κ1) is 11.5. The number of thioether (sulfide) groups is 1. The van der Waals surface area contributed by atoms with Crippen molar-refractivity contribution in [1.29, 1.82) is 0 Å². The van der Waals surface area contributed by atoms with Gasteiger partial charge in [-0.25, -0.2) is 0 Å². The number of hydrogen-bond acceptors (Lipinski definition) is 3. The third kappa shape index (κ3) is 3.00. The largest absolute Gasteiger partial charge is 0.397 e. The summed E-state index contributed by atoms with van der Waals surface area (Å²) in [5.41, 5.74) is 7.84. The van der Waals surface area contributed by atoms with Crippen molar-refractivity contribution < 1.29 is 0 Å². The van der Waals surface area contributed by atoms with E-state index in [1.807, 2.05) is 18.2 Å². The Labute approximate surface area is 107 Å². The number of pyridine rings is 1. The molecule has 0 aliphatic heterocycles. The van der Waals surface area contributed by atoms with Gasteiger partial charge in [-0.05, 0) is 23.8 Å². The van der Waals surface area contributed by atoms with Gasteiger partial charge >= 0.3 is 0 Å². The highest BCUT2D eigenvalue weighted by atomic mass is 79.9. The van der Waals surface area contributed by atoms with Gasteiger partial charge in [0.2, 0.25) is 0 Å². The van der Waals surface area contributed by atoms with Crippen molar-refractivity contribution in [2.45, 2.75) is 10.6 Å². The molecule has 0 unspecified atom stereocenters. The Hall–Kier alpha value is -1.00.